The highest BCUT2D eigenvalue weighted by molar-refractivity contribution is 5.06. The molecule has 0 radical (unpaired) electrons. The van der Waals surface area contributed by atoms with Gasteiger partial charge in [0.05, 0.1) is 0 Å². The Balaban J connectivity index is 2.63. The summed E-state index contributed by atoms with van der Waals surface area (Å²) in [5.41, 5.74) is 10.3. The topological polar surface area (TPSA) is 52.0 Å². The molecule has 0 spiro atoms. The van der Waals surface area contributed by atoms with Crippen molar-refractivity contribution in [2.45, 2.75) is 39.2 Å². The van der Waals surface area contributed by atoms with Gasteiger partial charge in [0.2, 0.25) is 0 Å². The van der Waals surface area contributed by atoms with Crippen LogP contribution in [0.2, 0.25) is 0 Å². The summed E-state index contributed by atoms with van der Waals surface area (Å²) < 4.78 is 0. The standard InChI is InChI=1S/C12H20N4/c1-10(2)8-12-6-4-5-7-16(12)9-11(3)14-15-13/h8,12H,3-7,9H2,1-2H3. The number of hydrogen-bond acceptors (Lipinski definition) is 2. The van der Waals surface area contributed by atoms with Crippen LogP contribution in [0, 0.1) is 0 Å². The van der Waals surface area contributed by atoms with Crippen molar-refractivity contribution < 1.29 is 0 Å². The molecule has 1 unspecified atom stereocenters. The van der Waals surface area contributed by atoms with Crippen LogP contribution in [0.1, 0.15) is 33.1 Å². The molecule has 0 bridgehead atoms. The van der Waals surface area contributed by atoms with Crippen molar-refractivity contribution in [1.82, 2.24) is 4.90 Å². The molecule has 1 rings (SSSR count). The normalized spacial score (nSPS) is 21.0. The summed E-state index contributed by atoms with van der Waals surface area (Å²) in [6.07, 6.45) is 5.98. The lowest BCUT2D eigenvalue weighted by Crippen LogP contribution is -2.39. The van der Waals surface area contributed by atoms with E-state index in [2.05, 4.69) is 41.4 Å². The molecule has 0 aromatic heterocycles. The van der Waals surface area contributed by atoms with Gasteiger partial charge in [0.15, 0.2) is 0 Å². The van der Waals surface area contributed by atoms with E-state index in [1.807, 2.05) is 0 Å². The molecule has 0 amide bonds. The Kier molecular flexibility index (Phi) is 5.09. The zero-order valence-corrected chi connectivity index (χ0v) is 10.2. The van der Waals surface area contributed by atoms with Crippen LogP contribution in [0.3, 0.4) is 0 Å². The van der Waals surface area contributed by atoms with E-state index in [1.54, 1.807) is 0 Å². The van der Waals surface area contributed by atoms with Gasteiger partial charge in [-0.2, -0.15) is 0 Å². The predicted octanol–water partition coefficient (Wildman–Crippen LogP) is 3.63. The van der Waals surface area contributed by atoms with E-state index in [0.29, 0.717) is 18.3 Å². The lowest BCUT2D eigenvalue weighted by atomic mass is 10.00. The maximum absolute atomic E-state index is 8.34. The van der Waals surface area contributed by atoms with Crippen LogP contribution in [0.15, 0.2) is 29.0 Å². The van der Waals surface area contributed by atoms with Crippen molar-refractivity contribution >= 4 is 0 Å². The monoisotopic (exact) mass is 220 g/mol. The van der Waals surface area contributed by atoms with Gasteiger partial charge >= 0.3 is 0 Å². The van der Waals surface area contributed by atoms with Crippen LogP contribution < -0.4 is 0 Å². The number of rotatable bonds is 4. The summed E-state index contributed by atoms with van der Waals surface area (Å²) in [5.74, 6) is 0. The van der Waals surface area contributed by atoms with E-state index in [9.17, 15) is 0 Å². The van der Waals surface area contributed by atoms with Crippen molar-refractivity contribution in [1.29, 1.82) is 0 Å². The Morgan fingerprint density at radius 3 is 2.94 bits per heavy atom. The second kappa shape index (κ2) is 6.36. The molecular formula is C12H20N4. The van der Waals surface area contributed by atoms with E-state index in [-0.39, 0.29) is 0 Å². The maximum atomic E-state index is 8.34. The molecule has 16 heavy (non-hydrogen) atoms. The molecule has 88 valence electrons. The highest BCUT2D eigenvalue weighted by Gasteiger charge is 2.20. The van der Waals surface area contributed by atoms with Crippen LogP contribution in [-0.4, -0.2) is 24.0 Å². The van der Waals surface area contributed by atoms with Gasteiger partial charge in [0.1, 0.15) is 0 Å². The fraction of sp³-hybridized carbons (Fsp3) is 0.667. The first kappa shape index (κ1) is 12.8. The molecule has 0 saturated carbocycles. The Morgan fingerprint density at radius 2 is 2.31 bits per heavy atom. The molecule has 0 N–H and O–H groups in total. The fourth-order valence-electron chi connectivity index (χ4n) is 2.12. The molecular weight excluding hydrogens is 200 g/mol. The van der Waals surface area contributed by atoms with E-state index in [0.717, 1.165) is 6.54 Å². The van der Waals surface area contributed by atoms with Gasteiger partial charge in [-0.05, 0) is 38.8 Å². The van der Waals surface area contributed by atoms with E-state index < -0.39 is 0 Å². The highest BCUT2D eigenvalue weighted by Crippen LogP contribution is 2.20. The van der Waals surface area contributed by atoms with Crippen LogP contribution >= 0.6 is 0 Å². The summed E-state index contributed by atoms with van der Waals surface area (Å²) in [5, 5.41) is 3.56. The molecule has 1 heterocycles. The quantitative estimate of drug-likeness (QED) is 0.309. The number of azide groups is 1. The van der Waals surface area contributed by atoms with Crippen LogP contribution in [0.5, 0.6) is 0 Å². The Bertz CT molecular complexity index is 322. The van der Waals surface area contributed by atoms with Gasteiger partial charge in [0, 0.05) is 23.2 Å². The SMILES string of the molecule is C=C(CN1CCCCC1C=C(C)C)N=[N+]=[N-]. The largest absolute Gasteiger partial charge is 0.293 e. The average Bonchev–Trinajstić information content (AvgIpc) is 2.20. The zero-order chi connectivity index (χ0) is 12.0. The predicted molar refractivity (Wildman–Crippen MR) is 66.9 cm³/mol. The van der Waals surface area contributed by atoms with Crippen molar-refractivity contribution in [3.63, 3.8) is 0 Å². The van der Waals surface area contributed by atoms with Gasteiger partial charge in [-0.3, -0.25) is 4.90 Å². The van der Waals surface area contributed by atoms with E-state index in [1.165, 1.54) is 24.8 Å². The number of likely N-dealkylation sites (tertiary alicyclic amines) is 1. The molecule has 1 fully saturated rings. The van der Waals surface area contributed by atoms with E-state index in [4.69, 9.17) is 5.53 Å². The number of piperidine rings is 1. The minimum Gasteiger partial charge on any atom is -0.293 e. The maximum Gasteiger partial charge on any atom is 0.0284 e. The summed E-state index contributed by atoms with van der Waals surface area (Å²) in [4.78, 5) is 5.11. The fourth-order valence-corrected chi connectivity index (χ4v) is 2.12. The van der Waals surface area contributed by atoms with Gasteiger partial charge < -0.3 is 0 Å². The van der Waals surface area contributed by atoms with E-state index >= 15 is 0 Å². The third-order valence-corrected chi connectivity index (χ3v) is 2.76. The highest BCUT2D eigenvalue weighted by atomic mass is 15.2. The van der Waals surface area contributed by atoms with Crippen LogP contribution in [0.4, 0.5) is 0 Å². The summed E-state index contributed by atoms with van der Waals surface area (Å²) >= 11 is 0. The molecule has 1 atom stereocenters. The molecule has 0 aliphatic carbocycles. The number of hydrogen-bond donors (Lipinski definition) is 0. The lowest BCUT2D eigenvalue weighted by molar-refractivity contribution is 0.194. The van der Waals surface area contributed by atoms with Gasteiger partial charge in [-0.15, -0.1) is 0 Å². The minimum atomic E-state index is 0.476. The first-order valence-electron chi connectivity index (χ1n) is 5.75. The number of nitrogens with zero attached hydrogens (tertiary/aromatic N) is 4. The Labute approximate surface area is 97.3 Å². The summed E-state index contributed by atoms with van der Waals surface area (Å²) in [6.45, 7) is 9.75. The van der Waals surface area contributed by atoms with Crippen LogP contribution in [-0.2, 0) is 0 Å². The molecule has 4 nitrogen and oxygen atoms in total. The van der Waals surface area contributed by atoms with Crippen molar-refractivity contribution in [3.8, 4) is 0 Å². The lowest BCUT2D eigenvalue weighted by Gasteiger charge is -2.34. The summed E-state index contributed by atoms with van der Waals surface area (Å²) in [6, 6.07) is 0.476. The third-order valence-electron chi connectivity index (χ3n) is 2.76. The Morgan fingerprint density at radius 1 is 1.56 bits per heavy atom. The van der Waals surface area contributed by atoms with Crippen molar-refractivity contribution in [3.05, 3.63) is 34.4 Å². The van der Waals surface area contributed by atoms with Crippen molar-refractivity contribution in [2.75, 3.05) is 13.1 Å². The van der Waals surface area contributed by atoms with Gasteiger partial charge in [-0.1, -0.05) is 29.8 Å². The first-order chi connectivity index (χ1) is 7.63. The first-order valence-corrected chi connectivity index (χ1v) is 5.75. The van der Waals surface area contributed by atoms with Gasteiger partial charge in [0.25, 0.3) is 0 Å². The zero-order valence-electron chi connectivity index (χ0n) is 10.2. The second-order valence-electron chi connectivity index (χ2n) is 4.53. The molecule has 1 saturated heterocycles. The Hall–Kier alpha value is -1.25. The van der Waals surface area contributed by atoms with Gasteiger partial charge in [-0.25, -0.2) is 0 Å². The molecule has 0 aromatic rings. The molecule has 0 aromatic carbocycles. The number of allylic oxidation sites excluding steroid dienone is 1. The molecule has 1 aliphatic rings. The smallest absolute Gasteiger partial charge is 0.0284 e. The minimum absolute atomic E-state index is 0.476. The van der Waals surface area contributed by atoms with Crippen molar-refractivity contribution in [2.24, 2.45) is 5.11 Å². The second-order valence-corrected chi connectivity index (χ2v) is 4.53. The molecule has 4 heteroatoms. The van der Waals surface area contributed by atoms with Crippen LogP contribution in [0.25, 0.3) is 10.4 Å². The third kappa shape index (κ3) is 4.09. The molecule has 1 aliphatic heterocycles. The average molecular weight is 220 g/mol. The summed E-state index contributed by atoms with van der Waals surface area (Å²) in [7, 11) is 0.